The number of carbonyl (C=O) groups is 2. The van der Waals surface area contributed by atoms with Crippen molar-refractivity contribution < 1.29 is 9.59 Å². The molecule has 0 saturated carbocycles. The molecule has 108 valence electrons. The van der Waals surface area contributed by atoms with Crippen molar-refractivity contribution >= 4 is 35.0 Å². The summed E-state index contributed by atoms with van der Waals surface area (Å²) in [6.07, 6.45) is 1.50. The van der Waals surface area contributed by atoms with Gasteiger partial charge in [-0.15, -0.1) is 11.6 Å². The highest BCUT2D eigenvalue weighted by molar-refractivity contribution is 6.30. The van der Waals surface area contributed by atoms with Crippen LogP contribution in [0.4, 0.5) is 0 Å². The topological polar surface area (TPSA) is 49.4 Å². The van der Waals surface area contributed by atoms with Crippen LogP contribution < -0.4 is 5.32 Å². The van der Waals surface area contributed by atoms with Crippen LogP contribution in [0.15, 0.2) is 24.3 Å². The van der Waals surface area contributed by atoms with E-state index >= 15 is 0 Å². The van der Waals surface area contributed by atoms with Gasteiger partial charge in [-0.1, -0.05) is 11.6 Å². The van der Waals surface area contributed by atoms with Gasteiger partial charge in [-0.3, -0.25) is 9.59 Å². The number of amides is 2. The van der Waals surface area contributed by atoms with Gasteiger partial charge in [0.1, 0.15) is 5.88 Å². The first kappa shape index (κ1) is 15.1. The van der Waals surface area contributed by atoms with Crippen LogP contribution in [-0.4, -0.2) is 41.7 Å². The van der Waals surface area contributed by atoms with Crippen molar-refractivity contribution in [3.63, 3.8) is 0 Å². The summed E-state index contributed by atoms with van der Waals surface area (Å²) < 4.78 is 0. The number of hydrogen-bond acceptors (Lipinski definition) is 2. The molecule has 6 heteroatoms. The Morgan fingerprint density at radius 3 is 2.35 bits per heavy atom. The van der Waals surface area contributed by atoms with Crippen LogP contribution in [0.3, 0.4) is 0 Å². The van der Waals surface area contributed by atoms with Gasteiger partial charge in [-0.05, 0) is 37.1 Å². The van der Waals surface area contributed by atoms with Gasteiger partial charge >= 0.3 is 0 Å². The fourth-order valence-electron chi connectivity index (χ4n) is 2.23. The van der Waals surface area contributed by atoms with Gasteiger partial charge in [0.25, 0.3) is 5.91 Å². The number of piperidine rings is 1. The van der Waals surface area contributed by atoms with Crippen LogP contribution in [0, 0.1) is 0 Å². The zero-order chi connectivity index (χ0) is 14.5. The van der Waals surface area contributed by atoms with Crippen molar-refractivity contribution in [1.82, 2.24) is 10.2 Å². The lowest BCUT2D eigenvalue weighted by molar-refractivity contribution is -0.129. The lowest BCUT2D eigenvalue weighted by Gasteiger charge is -2.32. The van der Waals surface area contributed by atoms with Gasteiger partial charge in [0.2, 0.25) is 5.91 Å². The molecule has 2 rings (SSSR count). The van der Waals surface area contributed by atoms with Crippen LogP contribution in [0.1, 0.15) is 23.2 Å². The molecule has 0 unspecified atom stereocenters. The third kappa shape index (κ3) is 3.87. The summed E-state index contributed by atoms with van der Waals surface area (Å²) in [5, 5.41) is 3.59. The van der Waals surface area contributed by atoms with Gasteiger partial charge in [-0.2, -0.15) is 0 Å². The minimum absolute atomic E-state index is 0.0157. The Balaban J connectivity index is 1.85. The summed E-state index contributed by atoms with van der Waals surface area (Å²) in [6.45, 7) is 1.27. The second-order valence-electron chi connectivity index (χ2n) is 4.77. The van der Waals surface area contributed by atoms with Crippen LogP contribution in [0.25, 0.3) is 0 Å². The number of alkyl halides is 1. The first-order valence-electron chi connectivity index (χ1n) is 6.50. The molecule has 1 aromatic carbocycles. The quantitative estimate of drug-likeness (QED) is 0.870. The van der Waals surface area contributed by atoms with Crippen LogP contribution in [0.5, 0.6) is 0 Å². The van der Waals surface area contributed by atoms with E-state index in [4.69, 9.17) is 23.2 Å². The van der Waals surface area contributed by atoms with Crippen molar-refractivity contribution in [2.45, 2.75) is 18.9 Å². The normalized spacial score (nSPS) is 16.0. The number of benzene rings is 1. The summed E-state index contributed by atoms with van der Waals surface area (Å²) in [5.74, 6) is -0.139. The molecule has 0 bridgehead atoms. The number of carbonyl (C=O) groups excluding carboxylic acids is 2. The lowest BCUT2D eigenvalue weighted by atomic mass is 10.0. The third-order valence-corrected chi connectivity index (χ3v) is 3.88. The number of rotatable bonds is 3. The summed E-state index contributed by atoms with van der Waals surface area (Å²) in [7, 11) is 0. The zero-order valence-corrected chi connectivity index (χ0v) is 12.5. The molecule has 1 fully saturated rings. The second-order valence-corrected chi connectivity index (χ2v) is 5.47. The molecule has 0 aromatic heterocycles. The highest BCUT2D eigenvalue weighted by atomic mass is 35.5. The van der Waals surface area contributed by atoms with Crippen molar-refractivity contribution in [2.24, 2.45) is 0 Å². The molecular weight excluding hydrogens is 299 g/mol. The Hall–Kier alpha value is -1.26. The Bertz CT molecular complexity index is 482. The van der Waals surface area contributed by atoms with E-state index in [1.165, 1.54) is 0 Å². The van der Waals surface area contributed by atoms with Crippen molar-refractivity contribution in [3.8, 4) is 0 Å². The number of nitrogens with zero attached hydrogens (tertiary/aromatic N) is 1. The summed E-state index contributed by atoms with van der Waals surface area (Å²) >= 11 is 11.3. The van der Waals surface area contributed by atoms with E-state index in [0.29, 0.717) is 23.7 Å². The number of likely N-dealkylation sites (tertiary alicyclic amines) is 1. The molecule has 20 heavy (non-hydrogen) atoms. The van der Waals surface area contributed by atoms with Crippen molar-refractivity contribution in [3.05, 3.63) is 34.9 Å². The van der Waals surface area contributed by atoms with Crippen LogP contribution in [-0.2, 0) is 4.79 Å². The maximum Gasteiger partial charge on any atom is 0.251 e. The van der Waals surface area contributed by atoms with Crippen LogP contribution in [0.2, 0.25) is 5.02 Å². The SMILES string of the molecule is O=C(NC1CCN(C(=O)CCl)CC1)c1ccc(Cl)cc1. The Kier molecular flexibility index (Phi) is 5.26. The molecule has 0 atom stereocenters. The van der Waals surface area contributed by atoms with Crippen LogP contribution >= 0.6 is 23.2 Å². The molecule has 0 radical (unpaired) electrons. The Morgan fingerprint density at radius 2 is 1.80 bits per heavy atom. The standard InChI is InChI=1S/C14H16Cl2N2O2/c15-9-13(19)18-7-5-12(6-8-18)17-14(20)10-1-3-11(16)4-2-10/h1-4,12H,5-9H2,(H,17,20). The fraction of sp³-hybridized carbons (Fsp3) is 0.429. The molecule has 1 aromatic rings. The van der Waals surface area contributed by atoms with Gasteiger partial charge < -0.3 is 10.2 Å². The molecular formula is C14H16Cl2N2O2. The summed E-state index contributed by atoms with van der Waals surface area (Å²) in [4.78, 5) is 25.2. The molecule has 0 aliphatic carbocycles. The van der Waals surface area contributed by atoms with Gasteiger partial charge in [0.15, 0.2) is 0 Å². The molecule has 2 amide bonds. The molecule has 1 saturated heterocycles. The van der Waals surface area contributed by atoms with Gasteiger partial charge in [0, 0.05) is 29.7 Å². The van der Waals surface area contributed by atoms with Crippen molar-refractivity contribution in [1.29, 1.82) is 0 Å². The monoisotopic (exact) mass is 314 g/mol. The largest absolute Gasteiger partial charge is 0.349 e. The van der Waals surface area contributed by atoms with E-state index in [9.17, 15) is 9.59 Å². The van der Waals surface area contributed by atoms with E-state index < -0.39 is 0 Å². The lowest BCUT2D eigenvalue weighted by Crippen LogP contribution is -2.46. The predicted molar refractivity (Wildman–Crippen MR) is 79.2 cm³/mol. The Labute approximate surface area is 128 Å². The van der Waals surface area contributed by atoms with Gasteiger partial charge in [0.05, 0.1) is 0 Å². The number of hydrogen-bond donors (Lipinski definition) is 1. The highest BCUT2D eigenvalue weighted by Crippen LogP contribution is 2.13. The van der Waals surface area contributed by atoms with E-state index in [1.54, 1.807) is 29.2 Å². The van der Waals surface area contributed by atoms with Gasteiger partial charge in [-0.25, -0.2) is 0 Å². The molecule has 1 heterocycles. The fourth-order valence-corrected chi connectivity index (χ4v) is 2.52. The summed E-state index contributed by atoms with van der Waals surface area (Å²) in [5.41, 5.74) is 0.591. The molecule has 1 N–H and O–H groups in total. The maximum absolute atomic E-state index is 12.0. The Morgan fingerprint density at radius 1 is 1.20 bits per heavy atom. The average Bonchev–Trinajstić information content (AvgIpc) is 2.48. The predicted octanol–water partition coefficient (Wildman–Crippen LogP) is 2.30. The first-order valence-corrected chi connectivity index (χ1v) is 7.41. The smallest absolute Gasteiger partial charge is 0.251 e. The molecule has 4 nitrogen and oxygen atoms in total. The summed E-state index contributed by atoms with van der Waals surface area (Å²) in [6, 6.07) is 6.88. The van der Waals surface area contributed by atoms with Crippen molar-refractivity contribution in [2.75, 3.05) is 19.0 Å². The zero-order valence-electron chi connectivity index (χ0n) is 10.9. The third-order valence-electron chi connectivity index (χ3n) is 3.40. The van der Waals surface area contributed by atoms with E-state index in [2.05, 4.69) is 5.32 Å². The molecule has 0 spiro atoms. The maximum atomic E-state index is 12.0. The van der Waals surface area contributed by atoms with E-state index in [0.717, 1.165) is 12.8 Å². The minimum Gasteiger partial charge on any atom is -0.349 e. The number of nitrogens with one attached hydrogen (secondary N) is 1. The second kappa shape index (κ2) is 6.95. The van der Waals surface area contributed by atoms with E-state index in [-0.39, 0.29) is 23.7 Å². The molecule has 1 aliphatic rings. The minimum atomic E-state index is -0.108. The first-order chi connectivity index (χ1) is 9.60. The number of halogens is 2. The average molecular weight is 315 g/mol. The molecule has 1 aliphatic heterocycles. The highest BCUT2D eigenvalue weighted by Gasteiger charge is 2.23. The van der Waals surface area contributed by atoms with E-state index in [1.807, 2.05) is 0 Å².